The summed E-state index contributed by atoms with van der Waals surface area (Å²) in [5, 5.41) is 0. The van der Waals surface area contributed by atoms with Crippen LogP contribution in [0.2, 0.25) is 0 Å². The van der Waals surface area contributed by atoms with Crippen LogP contribution >= 0.6 is 0 Å². The molecule has 0 aliphatic heterocycles. The molecule has 1 rings (SSSR count). The standard InChI is InChI=1S/C14H20F4N2O/c1-3-21-5-4-20(2)13(9-19)10-6-11(14(16,17)18)8-12(15)7-10/h6-8,13H,3-5,9,19H2,1-2H3. The van der Waals surface area contributed by atoms with Crippen molar-refractivity contribution in [1.82, 2.24) is 4.90 Å². The molecule has 0 aliphatic carbocycles. The lowest BCUT2D eigenvalue weighted by atomic mass is 10.0. The van der Waals surface area contributed by atoms with Crippen LogP contribution in [-0.2, 0) is 10.9 Å². The number of ether oxygens (including phenoxy) is 1. The van der Waals surface area contributed by atoms with Crippen LogP contribution in [-0.4, -0.2) is 38.3 Å². The van der Waals surface area contributed by atoms with Crippen molar-refractivity contribution in [2.75, 3.05) is 33.4 Å². The Morgan fingerprint density at radius 1 is 1.29 bits per heavy atom. The first-order chi connectivity index (χ1) is 9.79. The molecular formula is C14H20F4N2O. The van der Waals surface area contributed by atoms with Crippen LogP contribution in [0.3, 0.4) is 0 Å². The van der Waals surface area contributed by atoms with Crippen LogP contribution < -0.4 is 5.73 Å². The van der Waals surface area contributed by atoms with Gasteiger partial charge in [-0.3, -0.25) is 4.90 Å². The Balaban J connectivity index is 2.97. The number of hydrogen-bond acceptors (Lipinski definition) is 3. The first kappa shape index (κ1) is 17.9. The third-order valence-corrected chi connectivity index (χ3v) is 3.18. The van der Waals surface area contributed by atoms with Gasteiger partial charge in [0.05, 0.1) is 12.2 Å². The zero-order valence-electron chi connectivity index (χ0n) is 12.1. The summed E-state index contributed by atoms with van der Waals surface area (Å²) in [6.45, 7) is 3.42. The highest BCUT2D eigenvalue weighted by molar-refractivity contribution is 5.29. The third-order valence-electron chi connectivity index (χ3n) is 3.18. The Hall–Kier alpha value is -1.18. The maximum Gasteiger partial charge on any atom is 0.416 e. The number of alkyl halides is 3. The molecule has 21 heavy (non-hydrogen) atoms. The van der Waals surface area contributed by atoms with Gasteiger partial charge in [0.1, 0.15) is 5.82 Å². The van der Waals surface area contributed by atoms with E-state index in [-0.39, 0.29) is 12.1 Å². The Kier molecular flexibility index (Phi) is 6.57. The van der Waals surface area contributed by atoms with Crippen LogP contribution in [0.4, 0.5) is 17.6 Å². The van der Waals surface area contributed by atoms with E-state index in [1.807, 2.05) is 6.92 Å². The molecule has 0 amide bonds. The Morgan fingerprint density at radius 3 is 2.48 bits per heavy atom. The van der Waals surface area contributed by atoms with Gasteiger partial charge in [-0.05, 0) is 37.7 Å². The summed E-state index contributed by atoms with van der Waals surface area (Å²) in [5.74, 6) is -0.920. The van der Waals surface area contributed by atoms with Crippen molar-refractivity contribution >= 4 is 0 Å². The number of likely N-dealkylation sites (N-methyl/N-ethyl adjacent to an activating group) is 1. The molecule has 0 heterocycles. The van der Waals surface area contributed by atoms with Gasteiger partial charge in [0, 0.05) is 25.7 Å². The highest BCUT2D eigenvalue weighted by Gasteiger charge is 2.32. The van der Waals surface area contributed by atoms with Crippen molar-refractivity contribution in [3.8, 4) is 0 Å². The highest BCUT2D eigenvalue weighted by Crippen LogP contribution is 2.32. The van der Waals surface area contributed by atoms with Crippen LogP contribution in [0.1, 0.15) is 24.1 Å². The second-order valence-corrected chi connectivity index (χ2v) is 4.70. The van der Waals surface area contributed by atoms with Gasteiger partial charge in [-0.2, -0.15) is 13.2 Å². The average Bonchev–Trinajstić information content (AvgIpc) is 2.38. The number of benzene rings is 1. The molecule has 2 N–H and O–H groups in total. The van der Waals surface area contributed by atoms with Gasteiger partial charge in [-0.15, -0.1) is 0 Å². The molecule has 1 unspecified atom stereocenters. The molecule has 120 valence electrons. The molecule has 1 aromatic rings. The van der Waals surface area contributed by atoms with Crippen molar-refractivity contribution < 1.29 is 22.3 Å². The molecular weight excluding hydrogens is 288 g/mol. The van der Waals surface area contributed by atoms with Gasteiger partial charge in [-0.1, -0.05) is 0 Å². The number of nitrogens with two attached hydrogens (primary N) is 1. The number of hydrogen-bond donors (Lipinski definition) is 1. The average molecular weight is 308 g/mol. The normalized spacial score (nSPS) is 13.7. The van der Waals surface area contributed by atoms with Crippen LogP contribution in [0.5, 0.6) is 0 Å². The molecule has 1 atom stereocenters. The van der Waals surface area contributed by atoms with E-state index < -0.39 is 23.6 Å². The molecule has 0 radical (unpaired) electrons. The second-order valence-electron chi connectivity index (χ2n) is 4.70. The second kappa shape index (κ2) is 7.72. The summed E-state index contributed by atoms with van der Waals surface area (Å²) in [5.41, 5.74) is 4.84. The first-order valence-electron chi connectivity index (χ1n) is 6.65. The molecule has 7 heteroatoms. The van der Waals surface area contributed by atoms with Gasteiger partial charge in [-0.25, -0.2) is 4.39 Å². The van der Waals surface area contributed by atoms with Gasteiger partial charge in [0.15, 0.2) is 0 Å². The maximum atomic E-state index is 13.4. The minimum atomic E-state index is -4.58. The monoisotopic (exact) mass is 308 g/mol. The molecule has 0 spiro atoms. The fourth-order valence-corrected chi connectivity index (χ4v) is 2.05. The van der Waals surface area contributed by atoms with E-state index in [1.54, 1.807) is 11.9 Å². The van der Waals surface area contributed by atoms with Crippen LogP contribution in [0.15, 0.2) is 18.2 Å². The number of halogens is 4. The zero-order valence-corrected chi connectivity index (χ0v) is 12.1. The van der Waals surface area contributed by atoms with E-state index >= 15 is 0 Å². The van der Waals surface area contributed by atoms with Crippen LogP contribution in [0, 0.1) is 5.82 Å². The summed E-state index contributed by atoms with van der Waals surface area (Å²) in [6.07, 6.45) is -4.58. The lowest BCUT2D eigenvalue weighted by molar-refractivity contribution is -0.137. The number of nitrogens with zero attached hydrogens (tertiary/aromatic N) is 1. The summed E-state index contributed by atoms with van der Waals surface area (Å²) in [7, 11) is 1.72. The van der Waals surface area contributed by atoms with E-state index in [9.17, 15) is 17.6 Å². The Morgan fingerprint density at radius 2 is 1.95 bits per heavy atom. The quantitative estimate of drug-likeness (QED) is 0.622. The fourth-order valence-electron chi connectivity index (χ4n) is 2.05. The van der Waals surface area contributed by atoms with Crippen molar-refractivity contribution in [1.29, 1.82) is 0 Å². The summed E-state index contributed by atoms with van der Waals surface area (Å²) in [6, 6.07) is 2.01. The van der Waals surface area contributed by atoms with Gasteiger partial charge in [0.25, 0.3) is 0 Å². The lowest BCUT2D eigenvalue weighted by Crippen LogP contribution is -2.33. The molecule has 0 bridgehead atoms. The third kappa shape index (κ3) is 5.26. The smallest absolute Gasteiger partial charge is 0.380 e. The zero-order chi connectivity index (χ0) is 16.0. The topological polar surface area (TPSA) is 38.5 Å². The van der Waals surface area contributed by atoms with Crippen molar-refractivity contribution in [2.24, 2.45) is 5.73 Å². The minimum absolute atomic E-state index is 0.0867. The molecule has 0 saturated heterocycles. The van der Waals surface area contributed by atoms with Crippen molar-refractivity contribution in [3.05, 3.63) is 35.1 Å². The summed E-state index contributed by atoms with van der Waals surface area (Å²) in [4.78, 5) is 1.75. The lowest BCUT2D eigenvalue weighted by Gasteiger charge is -2.27. The summed E-state index contributed by atoms with van der Waals surface area (Å²) >= 11 is 0. The van der Waals surface area contributed by atoms with Gasteiger partial charge in [0.2, 0.25) is 0 Å². The van der Waals surface area contributed by atoms with E-state index in [1.165, 1.54) is 0 Å². The molecule has 0 fully saturated rings. The van der Waals surface area contributed by atoms with E-state index in [0.29, 0.717) is 25.8 Å². The van der Waals surface area contributed by atoms with E-state index in [4.69, 9.17) is 10.5 Å². The maximum absolute atomic E-state index is 13.4. The molecule has 0 aromatic heterocycles. The minimum Gasteiger partial charge on any atom is -0.380 e. The molecule has 3 nitrogen and oxygen atoms in total. The predicted octanol–water partition coefficient (Wildman–Crippen LogP) is 2.81. The Bertz CT molecular complexity index is 451. The largest absolute Gasteiger partial charge is 0.416 e. The predicted molar refractivity (Wildman–Crippen MR) is 72.3 cm³/mol. The van der Waals surface area contributed by atoms with E-state index in [2.05, 4.69) is 0 Å². The molecule has 1 aromatic carbocycles. The van der Waals surface area contributed by atoms with Gasteiger partial charge < -0.3 is 10.5 Å². The SMILES string of the molecule is CCOCCN(C)C(CN)c1cc(F)cc(C(F)(F)F)c1. The first-order valence-corrected chi connectivity index (χ1v) is 6.65. The van der Waals surface area contributed by atoms with E-state index in [0.717, 1.165) is 12.1 Å². The molecule has 0 saturated carbocycles. The fraction of sp³-hybridized carbons (Fsp3) is 0.571. The van der Waals surface area contributed by atoms with Gasteiger partial charge >= 0.3 is 6.18 Å². The summed E-state index contributed by atoms with van der Waals surface area (Å²) < 4.78 is 56.8. The Labute approximate surface area is 121 Å². The number of rotatable bonds is 7. The molecule has 0 aliphatic rings. The van der Waals surface area contributed by atoms with Crippen molar-refractivity contribution in [3.63, 3.8) is 0 Å². The van der Waals surface area contributed by atoms with Crippen molar-refractivity contribution in [2.45, 2.75) is 19.1 Å². The highest BCUT2D eigenvalue weighted by atomic mass is 19.4. The van der Waals surface area contributed by atoms with Crippen LogP contribution in [0.25, 0.3) is 0 Å².